The van der Waals surface area contributed by atoms with E-state index in [2.05, 4.69) is 13.2 Å². The van der Waals surface area contributed by atoms with Crippen LogP contribution in [0.25, 0.3) is 0 Å². The molecule has 0 bridgehead atoms. The number of carbonyl (C=O) groups is 2. The maximum absolute atomic E-state index is 11.2. The maximum Gasteiger partial charge on any atom is 0.305 e. The molecule has 0 radical (unpaired) electrons. The Balaban J connectivity index is 3.40. The molecule has 6 heteroatoms. The van der Waals surface area contributed by atoms with Crippen LogP contribution in [-0.2, 0) is 28.5 Å². The Morgan fingerprint density at radius 1 is 0.789 bits per heavy atom. The lowest BCUT2D eigenvalue weighted by atomic mass is 10.2. The number of hydrogen-bond acceptors (Lipinski definition) is 6. The van der Waals surface area contributed by atoms with E-state index < -0.39 is 0 Å². The van der Waals surface area contributed by atoms with Crippen LogP contribution in [0.4, 0.5) is 0 Å². The summed E-state index contributed by atoms with van der Waals surface area (Å²) < 4.78 is 19.3. The van der Waals surface area contributed by atoms with Crippen LogP contribution in [0.3, 0.4) is 0 Å². The van der Waals surface area contributed by atoms with Gasteiger partial charge in [0, 0.05) is 12.8 Å². The van der Waals surface area contributed by atoms with Gasteiger partial charge in [0.15, 0.2) is 0 Å². The quantitative estimate of drug-likeness (QED) is 0.305. The fourth-order valence-electron chi connectivity index (χ4n) is 1.10. The number of ether oxygens (including phenoxy) is 4. The number of carbonyl (C=O) groups excluding carboxylic acids is 2. The van der Waals surface area contributed by atoms with Crippen molar-refractivity contribution in [3.63, 3.8) is 0 Å². The van der Waals surface area contributed by atoms with E-state index in [0.717, 1.165) is 0 Å². The predicted octanol–water partition coefficient (Wildman–Crippen LogP) is 1.56. The molecule has 0 saturated carbocycles. The Hall–Kier alpha value is -1.98. The lowest BCUT2D eigenvalue weighted by Gasteiger charge is -2.05. The van der Waals surface area contributed by atoms with E-state index >= 15 is 0 Å². The highest BCUT2D eigenvalue weighted by Crippen LogP contribution is 2.00. The molecule has 108 valence electrons. The summed E-state index contributed by atoms with van der Waals surface area (Å²) in [5.41, 5.74) is 0. The van der Waals surface area contributed by atoms with Crippen molar-refractivity contribution in [1.29, 1.82) is 0 Å². The average molecular weight is 272 g/mol. The normalized spacial score (nSPS) is 9.26. The molecule has 0 aromatic carbocycles. The van der Waals surface area contributed by atoms with Gasteiger partial charge in [0.1, 0.15) is 26.4 Å². The third-order valence-corrected chi connectivity index (χ3v) is 1.93. The zero-order chi connectivity index (χ0) is 14.3. The maximum atomic E-state index is 11.2. The molecule has 0 aliphatic carbocycles. The van der Waals surface area contributed by atoms with Gasteiger partial charge in [-0.3, -0.25) is 9.59 Å². The van der Waals surface area contributed by atoms with E-state index in [1.165, 1.54) is 12.5 Å². The van der Waals surface area contributed by atoms with E-state index in [1.54, 1.807) is 0 Å². The highest BCUT2D eigenvalue weighted by Gasteiger charge is 2.07. The summed E-state index contributed by atoms with van der Waals surface area (Å²) in [5, 5.41) is 0. The van der Waals surface area contributed by atoms with Crippen molar-refractivity contribution in [2.24, 2.45) is 0 Å². The standard InChI is InChI=1S/C13H20O6/c1-3-16-8-10-18-12(14)6-5-7-13(15)19-11-9-17-4-2/h3-4H,1-2,5-11H2. The summed E-state index contributed by atoms with van der Waals surface area (Å²) in [5.74, 6) is -0.731. The highest BCUT2D eigenvalue weighted by atomic mass is 16.6. The summed E-state index contributed by atoms with van der Waals surface area (Å²) in [6.07, 6.45) is 3.29. The summed E-state index contributed by atoms with van der Waals surface area (Å²) in [4.78, 5) is 22.4. The summed E-state index contributed by atoms with van der Waals surface area (Å²) in [7, 11) is 0. The number of rotatable bonds is 12. The molecule has 0 aromatic heterocycles. The number of esters is 2. The van der Waals surface area contributed by atoms with Crippen LogP contribution in [0.5, 0.6) is 0 Å². The van der Waals surface area contributed by atoms with Gasteiger partial charge in [-0.25, -0.2) is 0 Å². The zero-order valence-corrected chi connectivity index (χ0v) is 11.0. The van der Waals surface area contributed by atoms with Crippen molar-refractivity contribution >= 4 is 11.9 Å². The first-order valence-corrected chi connectivity index (χ1v) is 5.97. The third kappa shape index (κ3) is 12.3. The van der Waals surface area contributed by atoms with E-state index in [1.807, 2.05) is 0 Å². The van der Waals surface area contributed by atoms with Crippen LogP contribution in [0.1, 0.15) is 19.3 Å². The molecule has 0 fully saturated rings. The van der Waals surface area contributed by atoms with E-state index in [9.17, 15) is 9.59 Å². The molecule has 6 nitrogen and oxygen atoms in total. The molecule has 0 aliphatic rings. The van der Waals surface area contributed by atoms with E-state index in [4.69, 9.17) is 18.9 Å². The molecule has 0 atom stereocenters. The molecule has 0 aromatic rings. The van der Waals surface area contributed by atoms with Crippen LogP contribution in [0, 0.1) is 0 Å². The molecule has 0 saturated heterocycles. The SMILES string of the molecule is C=COCCOC(=O)CCCC(=O)OCCOC=C. The Bertz CT molecular complexity index is 259. The van der Waals surface area contributed by atoms with Crippen LogP contribution in [0.15, 0.2) is 25.7 Å². The van der Waals surface area contributed by atoms with Crippen molar-refractivity contribution < 1.29 is 28.5 Å². The molecule has 0 unspecified atom stereocenters. The highest BCUT2D eigenvalue weighted by molar-refractivity contribution is 5.72. The van der Waals surface area contributed by atoms with Crippen LogP contribution in [-0.4, -0.2) is 38.4 Å². The Morgan fingerprint density at radius 3 is 1.58 bits per heavy atom. The topological polar surface area (TPSA) is 71.1 Å². The monoisotopic (exact) mass is 272 g/mol. The fourth-order valence-corrected chi connectivity index (χ4v) is 1.10. The van der Waals surface area contributed by atoms with Crippen molar-refractivity contribution in [1.82, 2.24) is 0 Å². The first kappa shape index (κ1) is 17.0. The lowest BCUT2D eigenvalue weighted by Crippen LogP contribution is -2.12. The van der Waals surface area contributed by atoms with Crippen LogP contribution < -0.4 is 0 Å². The molecule has 0 amide bonds. The molecule has 0 N–H and O–H groups in total. The minimum atomic E-state index is -0.365. The minimum Gasteiger partial charge on any atom is -0.498 e. The van der Waals surface area contributed by atoms with Gasteiger partial charge in [0.25, 0.3) is 0 Å². The van der Waals surface area contributed by atoms with Gasteiger partial charge < -0.3 is 18.9 Å². The molecular formula is C13H20O6. The smallest absolute Gasteiger partial charge is 0.305 e. The van der Waals surface area contributed by atoms with Gasteiger partial charge >= 0.3 is 11.9 Å². The molecule has 0 heterocycles. The molecule has 0 rings (SSSR count). The first-order valence-electron chi connectivity index (χ1n) is 5.97. The van der Waals surface area contributed by atoms with Crippen molar-refractivity contribution in [2.45, 2.75) is 19.3 Å². The van der Waals surface area contributed by atoms with E-state index in [-0.39, 0.29) is 51.2 Å². The second-order valence-electron chi connectivity index (χ2n) is 3.37. The summed E-state index contributed by atoms with van der Waals surface area (Å²) >= 11 is 0. The van der Waals surface area contributed by atoms with E-state index in [0.29, 0.717) is 6.42 Å². The lowest BCUT2D eigenvalue weighted by molar-refractivity contribution is -0.146. The Morgan fingerprint density at radius 2 is 1.21 bits per heavy atom. The van der Waals surface area contributed by atoms with Crippen molar-refractivity contribution in [3.05, 3.63) is 25.7 Å². The second kappa shape index (κ2) is 12.5. The minimum absolute atomic E-state index is 0.173. The molecular weight excluding hydrogens is 252 g/mol. The van der Waals surface area contributed by atoms with Gasteiger partial charge in [-0.15, -0.1) is 0 Å². The first-order chi connectivity index (χ1) is 9.20. The van der Waals surface area contributed by atoms with Crippen molar-refractivity contribution in [3.8, 4) is 0 Å². The summed E-state index contributed by atoms with van der Waals surface area (Å²) in [6, 6.07) is 0. The van der Waals surface area contributed by atoms with Crippen LogP contribution >= 0.6 is 0 Å². The van der Waals surface area contributed by atoms with Gasteiger partial charge in [0.2, 0.25) is 0 Å². The van der Waals surface area contributed by atoms with Gasteiger partial charge in [-0.05, 0) is 6.42 Å². The van der Waals surface area contributed by atoms with Crippen LogP contribution in [0.2, 0.25) is 0 Å². The van der Waals surface area contributed by atoms with Gasteiger partial charge in [-0.1, -0.05) is 13.2 Å². The molecule has 19 heavy (non-hydrogen) atoms. The van der Waals surface area contributed by atoms with Gasteiger partial charge in [0.05, 0.1) is 12.5 Å². The number of hydrogen-bond donors (Lipinski definition) is 0. The van der Waals surface area contributed by atoms with Crippen molar-refractivity contribution in [2.75, 3.05) is 26.4 Å². The van der Waals surface area contributed by atoms with Gasteiger partial charge in [-0.2, -0.15) is 0 Å². The second-order valence-corrected chi connectivity index (χ2v) is 3.37. The molecule has 0 spiro atoms. The largest absolute Gasteiger partial charge is 0.498 e. The molecule has 0 aliphatic heterocycles. The third-order valence-electron chi connectivity index (χ3n) is 1.93. The average Bonchev–Trinajstić information content (AvgIpc) is 2.40. The predicted molar refractivity (Wildman–Crippen MR) is 68.1 cm³/mol. The zero-order valence-electron chi connectivity index (χ0n) is 11.0. The Kier molecular flexibility index (Phi) is 11.2. The fraction of sp³-hybridized carbons (Fsp3) is 0.538. The summed E-state index contributed by atoms with van der Waals surface area (Å²) in [6.45, 7) is 7.61. The Labute approximate surface area is 113 Å².